The summed E-state index contributed by atoms with van der Waals surface area (Å²) in [7, 11) is 0. The molecule has 1 aromatic rings. The molecule has 0 unspecified atom stereocenters. The second-order valence-electron chi connectivity index (χ2n) is 5.04. The van der Waals surface area contributed by atoms with Crippen LogP contribution in [0.2, 0.25) is 0 Å². The zero-order chi connectivity index (χ0) is 13.3. The number of aliphatic hydroxyl groups is 1. The Hall–Kier alpha value is -1.10. The van der Waals surface area contributed by atoms with E-state index in [1.165, 1.54) is 18.4 Å². The highest BCUT2D eigenvalue weighted by Gasteiger charge is 2.11. The predicted octanol–water partition coefficient (Wildman–Crippen LogP) is 1.15. The molecular formula is C15H24N2O2. The summed E-state index contributed by atoms with van der Waals surface area (Å²) >= 11 is 0. The SMILES string of the molecule is OCCOc1ccc(CNCC2CCNCC2)cc1. The molecular weight excluding hydrogens is 240 g/mol. The van der Waals surface area contributed by atoms with Crippen molar-refractivity contribution in [2.75, 3.05) is 32.8 Å². The third-order valence-corrected chi connectivity index (χ3v) is 3.50. The predicted molar refractivity (Wildman–Crippen MR) is 76.3 cm³/mol. The van der Waals surface area contributed by atoms with E-state index in [-0.39, 0.29) is 6.61 Å². The fraction of sp³-hybridized carbons (Fsp3) is 0.600. The van der Waals surface area contributed by atoms with E-state index >= 15 is 0 Å². The van der Waals surface area contributed by atoms with Crippen molar-refractivity contribution in [1.82, 2.24) is 10.6 Å². The standard InChI is InChI=1S/C15H24N2O2/c18-9-10-19-15-3-1-13(2-4-15)11-17-12-14-5-7-16-8-6-14/h1-4,14,16-18H,5-12H2. The van der Waals surface area contributed by atoms with Crippen LogP contribution in [0.25, 0.3) is 0 Å². The van der Waals surface area contributed by atoms with E-state index in [4.69, 9.17) is 9.84 Å². The van der Waals surface area contributed by atoms with Gasteiger partial charge >= 0.3 is 0 Å². The van der Waals surface area contributed by atoms with E-state index in [1.807, 2.05) is 12.1 Å². The fourth-order valence-electron chi connectivity index (χ4n) is 2.37. The zero-order valence-electron chi connectivity index (χ0n) is 11.4. The molecule has 1 fully saturated rings. The maximum Gasteiger partial charge on any atom is 0.119 e. The van der Waals surface area contributed by atoms with Gasteiger partial charge in [0.05, 0.1) is 6.61 Å². The molecule has 1 aromatic carbocycles. The lowest BCUT2D eigenvalue weighted by Crippen LogP contribution is -2.33. The van der Waals surface area contributed by atoms with Crippen LogP contribution in [0.5, 0.6) is 5.75 Å². The average Bonchev–Trinajstić information content (AvgIpc) is 2.47. The Labute approximate surface area is 115 Å². The van der Waals surface area contributed by atoms with Crippen molar-refractivity contribution in [1.29, 1.82) is 0 Å². The Morgan fingerprint density at radius 1 is 1.21 bits per heavy atom. The van der Waals surface area contributed by atoms with Crippen molar-refractivity contribution < 1.29 is 9.84 Å². The molecule has 1 aliphatic heterocycles. The van der Waals surface area contributed by atoms with Crippen LogP contribution in [0.4, 0.5) is 0 Å². The van der Waals surface area contributed by atoms with Crippen molar-refractivity contribution in [3.63, 3.8) is 0 Å². The molecule has 3 N–H and O–H groups in total. The number of rotatable bonds is 7. The third-order valence-electron chi connectivity index (χ3n) is 3.50. The Kier molecular flexibility index (Phi) is 6.14. The van der Waals surface area contributed by atoms with Gasteiger partial charge in [-0.3, -0.25) is 0 Å². The molecule has 0 aliphatic carbocycles. The highest BCUT2D eigenvalue weighted by atomic mass is 16.5. The summed E-state index contributed by atoms with van der Waals surface area (Å²) in [4.78, 5) is 0. The lowest BCUT2D eigenvalue weighted by atomic mass is 9.98. The highest BCUT2D eigenvalue weighted by molar-refractivity contribution is 5.27. The minimum Gasteiger partial charge on any atom is -0.491 e. The van der Waals surface area contributed by atoms with E-state index in [0.717, 1.165) is 37.8 Å². The van der Waals surface area contributed by atoms with Gasteiger partial charge in [0.15, 0.2) is 0 Å². The summed E-state index contributed by atoms with van der Waals surface area (Å²) in [5, 5.41) is 15.6. The van der Waals surface area contributed by atoms with Crippen LogP contribution in [0, 0.1) is 5.92 Å². The topological polar surface area (TPSA) is 53.5 Å². The van der Waals surface area contributed by atoms with Gasteiger partial charge in [-0.1, -0.05) is 12.1 Å². The molecule has 0 aromatic heterocycles. The first-order valence-electron chi connectivity index (χ1n) is 7.12. The molecule has 4 nitrogen and oxygen atoms in total. The molecule has 0 amide bonds. The van der Waals surface area contributed by atoms with E-state index in [2.05, 4.69) is 22.8 Å². The molecule has 4 heteroatoms. The summed E-state index contributed by atoms with van der Waals surface area (Å²) in [5.74, 6) is 1.63. The normalized spacial score (nSPS) is 16.5. The molecule has 1 heterocycles. The van der Waals surface area contributed by atoms with Crippen molar-refractivity contribution >= 4 is 0 Å². The van der Waals surface area contributed by atoms with Crippen LogP contribution in [-0.2, 0) is 6.54 Å². The average molecular weight is 264 g/mol. The molecule has 19 heavy (non-hydrogen) atoms. The number of hydrogen-bond acceptors (Lipinski definition) is 4. The Morgan fingerprint density at radius 3 is 2.63 bits per heavy atom. The Bertz CT molecular complexity index is 348. The van der Waals surface area contributed by atoms with Gasteiger partial charge in [0, 0.05) is 6.54 Å². The maximum atomic E-state index is 8.68. The second-order valence-corrected chi connectivity index (χ2v) is 5.04. The number of aliphatic hydroxyl groups excluding tert-OH is 1. The van der Waals surface area contributed by atoms with Crippen molar-refractivity contribution in [3.8, 4) is 5.75 Å². The quantitative estimate of drug-likeness (QED) is 0.691. The number of benzene rings is 1. The van der Waals surface area contributed by atoms with E-state index in [0.29, 0.717) is 6.61 Å². The van der Waals surface area contributed by atoms with Gasteiger partial charge in [-0.25, -0.2) is 0 Å². The summed E-state index contributed by atoms with van der Waals surface area (Å²) in [6, 6.07) is 8.05. The maximum absolute atomic E-state index is 8.68. The molecule has 1 aliphatic rings. The Balaban J connectivity index is 1.67. The first kappa shape index (κ1) is 14.3. The van der Waals surface area contributed by atoms with Crippen LogP contribution < -0.4 is 15.4 Å². The molecule has 0 bridgehead atoms. The molecule has 2 rings (SSSR count). The number of hydrogen-bond donors (Lipinski definition) is 3. The second kappa shape index (κ2) is 8.15. The van der Waals surface area contributed by atoms with Crippen LogP contribution in [0.3, 0.4) is 0 Å². The lowest BCUT2D eigenvalue weighted by molar-refractivity contribution is 0.201. The molecule has 0 radical (unpaired) electrons. The monoisotopic (exact) mass is 264 g/mol. The van der Waals surface area contributed by atoms with Gasteiger partial charge in [-0.2, -0.15) is 0 Å². The summed E-state index contributed by atoms with van der Waals surface area (Å²) in [6.45, 7) is 4.73. The minimum atomic E-state index is 0.0551. The smallest absolute Gasteiger partial charge is 0.119 e. The first-order valence-corrected chi connectivity index (χ1v) is 7.12. The molecule has 0 spiro atoms. The molecule has 0 atom stereocenters. The minimum absolute atomic E-state index is 0.0551. The third kappa shape index (κ3) is 5.19. The van der Waals surface area contributed by atoms with E-state index in [1.54, 1.807) is 0 Å². The number of nitrogens with one attached hydrogen (secondary N) is 2. The fourth-order valence-corrected chi connectivity index (χ4v) is 2.37. The summed E-state index contributed by atoms with van der Waals surface area (Å²) in [6.07, 6.45) is 2.56. The van der Waals surface area contributed by atoms with Crippen molar-refractivity contribution in [2.24, 2.45) is 5.92 Å². The molecule has 0 saturated carbocycles. The summed E-state index contributed by atoms with van der Waals surface area (Å²) in [5.41, 5.74) is 1.27. The largest absolute Gasteiger partial charge is 0.491 e. The summed E-state index contributed by atoms with van der Waals surface area (Å²) < 4.78 is 5.33. The van der Waals surface area contributed by atoms with Crippen molar-refractivity contribution in [3.05, 3.63) is 29.8 Å². The van der Waals surface area contributed by atoms with Crippen LogP contribution in [0.15, 0.2) is 24.3 Å². The Morgan fingerprint density at radius 2 is 1.95 bits per heavy atom. The van der Waals surface area contributed by atoms with Gasteiger partial charge in [0.1, 0.15) is 12.4 Å². The number of piperidine rings is 1. The van der Waals surface area contributed by atoms with Gasteiger partial charge in [-0.05, 0) is 56.1 Å². The van der Waals surface area contributed by atoms with Gasteiger partial charge in [0.25, 0.3) is 0 Å². The molecule has 106 valence electrons. The van der Waals surface area contributed by atoms with Crippen LogP contribution in [-0.4, -0.2) is 38.0 Å². The van der Waals surface area contributed by atoms with Gasteiger partial charge in [-0.15, -0.1) is 0 Å². The number of ether oxygens (including phenoxy) is 1. The van der Waals surface area contributed by atoms with Crippen molar-refractivity contribution in [2.45, 2.75) is 19.4 Å². The lowest BCUT2D eigenvalue weighted by Gasteiger charge is -2.22. The highest BCUT2D eigenvalue weighted by Crippen LogP contribution is 2.13. The van der Waals surface area contributed by atoms with Gasteiger partial charge in [0.2, 0.25) is 0 Å². The van der Waals surface area contributed by atoms with Crippen LogP contribution >= 0.6 is 0 Å². The van der Waals surface area contributed by atoms with Gasteiger partial charge < -0.3 is 20.5 Å². The molecule has 1 saturated heterocycles. The first-order chi connectivity index (χ1) is 9.38. The van der Waals surface area contributed by atoms with Crippen LogP contribution in [0.1, 0.15) is 18.4 Å². The zero-order valence-corrected chi connectivity index (χ0v) is 11.4. The van der Waals surface area contributed by atoms with E-state index in [9.17, 15) is 0 Å². The van der Waals surface area contributed by atoms with E-state index < -0.39 is 0 Å².